The molecule has 0 radical (unpaired) electrons. The van der Waals surface area contributed by atoms with Gasteiger partial charge in [-0.2, -0.15) is 0 Å². The van der Waals surface area contributed by atoms with E-state index in [-0.39, 0.29) is 18.2 Å². The summed E-state index contributed by atoms with van der Waals surface area (Å²) in [6.45, 7) is 1.58. The zero-order valence-electron chi connectivity index (χ0n) is 10.5. The number of ether oxygens (including phenoxy) is 1. The molecule has 6 heteroatoms. The highest BCUT2D eigenvalue weighted by atomic mass is 16.5. The van der Waals surface area contributed by atoms with Gasteiger partial charge in [0.15, 0.2) is 5.76 Å². The molecule has 0 heterocycles. The van der Waals surface area contributed by atoms with Crippen LogP contribution in [0, 0.1) is 5.92 Å². The summed E-state index contributed by atoms with van der Waals surface area (Å²) in [7, 11) is 1.47. The number of nitrogens with zero attached hydrogens (tertiary/aromatic N) is 1. The Morgan fingerprint density at radius 1 is 1.61 bits per heavy atom. The molecule has 0 saturated carbocycles. The molecule has 0 amide bonds. The van der Waals surface area contributed by atoms with Crippen LogP contribution in [0.3, 0.4) is 0 Å². The molecule has 4 N–H and O–H groups in total. The lowest BCUT2D eigenvalue weighted by Gasteiger charge is -2.24. The Hall–Kier alpha value is -1.82. The van der Waals surface area contributed by atoms with Crippen molar-refractivity contribution >= 4 is 11.7 Å². The van der Waals surface area contributed by atoms with Crippen molar-refractivity contribution in [3.05, 3.63) is 23.2 Å². The lowest BCUT2D eigenvalue weighted by atomic mass is 9.90. The van der Waals surface area contributed by atoms with Gasteiger partial charge in [-0.25, -0.2) is 9.79 Å². The fourth-order valence-electron chi connectivity index (χ4n) is 1.88. The predicted octanol–water partition coefficient (Wildman–Crippen LogP) is 0.635. The average molecular weight is 254 g/mol. The molecule has 0 spiro atoms. The molecule has 1 aliphatic carbocycles. The van der Waals surface area contributed by atoms with Gasteiger partial charge in [-0.3, -0.25) is 0 Å². The van der Waals surface area contributed by atoms with Crippen molar-refractivity contribution in [2.45, 2.75) is 19.8 Å². The number of aliphatic imine (C=N–C) groups is 1. The molecule has 0 aliphatic heterocycles. The molecule has 0 aromatic rings. The highest BCUT2D eigenvalue weighted by molar-refractivity contribution is 6.03. The van der Waals surface area contributed by atoms with E-state index < -0.39 is 5.97 Å². The van der Waals surface area contributed by atoms with E-state index in [2.05, 4.69) is 4.99 Å². The van der Waals surface area contributed by atoms with Crippen molar-refractivity contribution in [2.24, 2.45) is 16.6 Å². The molecule has 0 fully saturated rings. The monoisotopic (exact) mass is 254 g/mol. The molecule has 1 rings (SSSR count). The molecular weight excluding hydrogens is 236 g/mol. The summed E-state index contributed by atoms with van der Waals surface area (Å²) in [6.07, 6.45) is 2.38. The standard InChI is InChI=1S/C12H18N2O4/c1-3-9(12(16)17)14-10-5-7(6-15)4-8(13)11(10)18-2/h3,7,15H,4-6,13H2,1-2H3,(H,16,17)/b9-3+,14-10?. The Balaban J connectivity index is 3.14. The maximum atomic E-state index is 10.9. The average Bonchev–Trinajstić information content (AvgIpc) is 2.34. The minimum atomic E-state index is -1.11. The van der Waals surface area contributed by atoms with Crippen molar-refractivity contribution in [2.75, 3.05) is 13.7 Å². The van der Waals surface area contributed by atoms with E-state index in [4.69, 9.17) is 15.6 Å². The number of aliphatic carboxylic acids is 1. The van der Waals surface area contributed by atoms with Crippen LogP contribution in [0.25, 0.3) is 0 Å². The Morgan fingerprint density at radius 3 is 2.72 bits per heavy atom. The first-order chi connectivity index (χ1) is 8.53. The lowest BCUT2D eigenvalue weighted by Crippen LogP contribution is -2.26. The number of carbonyl (C=O) groups is 1. The first-order valence-corrected chi connectivity index (χ1v) is 5.64. The van der Waals surface area contributed by atoms with Gasteiger partial charge in [-0.15, -0.1) is 0 Å². The quantitative estimate of drug-likeness (QED) is 0.638. The Morgan fingerprint density at radius 2 is 2.28 bits per heavy atom. The van der Waals surface area contributed by atoms with Crippen LogP contribution in [0.1, 0.15) is 19.8 Å². The molecule has 1 atom stereocenters. The highest BCUT2D eigenvalue weighted by Crippen LogP contribution is 2.26. The maximum Gasteiger partial charge on any atom is 0.354 e. The van der Waals surface area contributed by atoms with Gasteiger partial charge in [-0.05, 0) is 25.7 Å². The summed E-state index contributed by atoms with van der Waals surface area (Å²) in [5, 5.41) is 18.1. The van der Waals surface area contributed by atoms with Crippen molar-refractivity contribution in [1.82, 2.24) is 0 Å². The number of allylic oxidation sites excluding steroid dienone is 3. The minimum Gasteiger partial charge on any atom is -0.493 e. The summed E-state index contributed by atoms with van der Waals surface area (Å²) in [4.78, 5) is 15.0. The first kappa shape index (κ1) is 14.2. The number of aliphatic hydroxyl groups is 1. The van der Waals surface area contributed by atoms with Gasteiger partial charge in [0.1, 0.15) is 5.70 Å². The van der Waals surface area contributed by atoms with Gasteiger partial charge in [0, 0.05) is 6.61 Å². The zero-order valence-corrected chi connectivity index (χ0v) is 10.5. The summed E-state index contributed by atoms with van der Waals surface area (Å²) in [5.74, 6) is -0.736. The van der Waals surface area contributed by atoms with Crippen LogP contribution >= 0.6 is 0 Å². The molecule has 6 nitrogen and oxygen atoms in total. The number of hydrogen-bond acceptors (Lipinski definition) is 5. The number of carboxylic acid groups (broad SMARTS) is 1. The number of methoxy groups -OCH3 is 1. The largest absolute Gasteiger partial charge is 0.493 e. The van der Waals surface area contributed by atoms with Gasteiger partial charge in [0.25, 0.3) is 0 Å². The predicted molar refractivity (Wildman–Crippen MR) is 66.9 cm³/mol. The zero-order chi connectivity index (χ0) is 13.7. The third-order valence-electron chi connectivity index (χ3n) is 2.75. The molecular formula is C12H18N2O4. The van der Waals surface area contributed by atoms with Crippen LogP contribution in [0.15, 0.2) is 28.2 Å². The molecule has 0 aromatic heterocycles. The smallest absolute Gasteiger partial charge is 0.354 e. The molecule has 1 aliphatic rings. The topological polar surface area (TPSA) is 105 Å². The first-order valence-electron chi connectivity index (χ1n) is 5.64. The molecule has 100 valence electrons. The van der Waals surface area contributed by atoms with E-state index in [1.165, 1.54) is 13.2 Å². The summed E-state index contributed by atoms with van der Waals surface area (Å²) in [5.41, 5.74) is 6.73. The van der Waals surface area contributed by atoms with E-state index in [0.29, 0.717) is 30.0 Å². The number of nitrogens with two attached hydrogens (primary N) is 1. The van der Waals surface area contributed by atoms with E-state index in [0.717, 1.165) is 0 Å². The van der Waals surface area contributed by atoms with Crippen molar-refractivity contribution in [3.8, 4) is 0 Å². The molecule has 0 bridgehead atoms. The van der Waals surface area contributed by atoms with Gasteiger partial charge in [0.05, 0.1) is 18.5 Å². The van der Waals surface area contributed by atoms with Gasteiger partial charge in [0.2, 0.25) is 0 Å². The van der Waals surface area contributed by atoms with Crippen molar-refractivity contribution in [3.63, 3.8) is 0 Å². The van der Waals surface area contributed by atoms with Crippen LogP contribution in [0.2, 0.25) is 0 Å². The number of hydrogen-bond donors (Lipinski definition) is 3. The Kier molecular flexibility index (Phi) is 4.91. The van der Waals surface area contributed by atoms with Crippen LogP contribution < -0.4 is 5.73 Å². The molecule has 0 saturated heterocycles. The van der Waals surface area contributed by atoms with E-state index >= 15 is 0 Å². The second-order valence-electron chi connectivity index (χ2n) is 4.05. The second kappa shape index (κ2) is 6.20. The second-order valence-corrected chi connectivity index (χ2v) is 4.05. The normalized spacial score (nSPS) is 23.4. The fraction of sp³-hybridized carbons (Fsp3) is 0.500. The van der Waals surface area contributed by atoms with Gasteiger partial charge < -0.3 is 20.7 Å². The van der Waals surface area contributed by atoms with Crippen molar-refractivity contribution in [1.29, 1.82) is 0 Å². The highest BCUT2D eigenvalue weighted by Gasteiger charge is 2.26. The Labute approximate surface area is 105 Å². The fourth-order valence-corrected chi connectivity index (χ4v) is 1.88. The van der Waals surface area contributed by atoms with E-state index in [9.17, 15) is 9.90 Å². The lowest BCUT2D eigenvalue weighted by molar-refractivity contribution is -0.132. The molecule has 0 aromatic carbocycles. The third kappa shape index (κ3) is 3.10. The van der Waals surface area contributed by atoms with Crippen LogP contribution in [0.4, 0.5) is 0 Å². The maximum absolute atomic E-state index is 10.9. The van der Waals surface area contributed by atoms with Crippen LogP contribution in [-0.4, -0.2) is 35.6 Å². The van der Waals surface area contributed by atoms with Gasteiger partial charge in [-0.1, -0.05) is 6.08 Å². The Bertz CT molecular complexity index is 424. The summed E-state index contributed by atoms with van der Waals surface area (Å²) in [6, 6.07) is 0. The third-order valence-corrected chi connectivity index (χ3v) is 2.75. The van der Waals surface area contributed by atoms with Crippen LogP contribution in [-0.2, 0) is 9.53 Å². The van der Waals surface area contributed by atoms with Gasteiger partial charge >= 0.3 is 5.97 Å². The number of carboxylic acids is 1. The number of aliphatic hydroxyl groups excluding tert-OH is 1. The van der Waals surface area contributed by atoms with E-state index in [1.54, 1.807) is 6.92 Å². The number of rotatable bonds is 4. The van der Waals surface area contributed by atoms with Crippen LogP contribution in [0.5, 0.6) is 0 Å². The summed E-state index contributed by atoms with van der Waals surface area (Å²) >= 11 is 0. The SMILES string of the molecule is C/C=C(/N=C1CC(CO)CC(N)=C1OC)C(=O)O. The molecule has 1 unspecified atom stereocenters. The molecule has 18 heavy (non-hydrogen) atoms. The minimum absolute atomic E-state index is 0.0189. The van der Waals surface area contributed by atoms with Crippen molar-refractivity contribution < 1.29 is 19.7 Å². The summed E-state index contributed by atoms with van der Waals surface area (Å²) < 4.78 is 5.16. The van der Waals surface area contributed by atoms with E-state index in [1.807, 2.05) is 0 Å².